The minimum absolute atomic E-state index is 0.296. The van der Waals surface area contributed by atoms with Gasteiger partial charge >= 0.3 is 0 Å². The van der Waals surface area contributed by atoms with Gasteiger partial charge in [0.25, 0.3) is 4.82 Å². The zero-order valence-corrected chi connectivity index (χ0v) is 8.39. The molecule has 5 heteroatoms. The zero-order valence-electron chi connectivity index (χ0n) is 6.80. The van der Waals surface area contributed by atoms with Gasteiger partial charge in [0, 0.05) is 22.0 Å². The van der Waals surface area contributed by atoms with E-state index in [0.29, 0.717) is 11.4 Å². The van der Waals surface area contributed by atoms with Gasteiger partial charge < -0.3 is 10.1 Å². The van der Waals surface area contributed by atoms with Crippen LogP contribution >= 0.6 is 15.9 Å². The van der Waals surface area contributed by atoms with Crippen molar-refractivity contribution in [2.75, 3.05) is 12.4 Å². The summed E-state index contributed by atoms with van der Waals surface area (Å²) in [6.07, 6.45) is 0. The van der Waals surface area contributed by atoms with Crippen LogP contribution in [0.5, 0.6) is 5.75 Å². The topological polar surface area (TPSA) is 38.3 Å². The van der Waals surface area contributed by atoms with Crippen LogP contribution in [0, 0.1) is 5.82 Å². The monoisotopic (exact) mass is 247 g/mol. The zero-order chi connectivity index (χ0) is 9.84. The van der Waals surface area contributed by atoms with Gasteiger partial charge in [0.1, 0.15) is 11.6 Å². The Morgan fingerprint density at radius 2 is 2.31 bits per heavy atom. The highest BCUT2D eigenvalue weighted by atomic mass is 79.9. The number of amides is 1. The predicted octanol–water partition coefficient (Wildman–Crippen LogP) is 2.76. The summed E-state index contributed by atoms with van der Waals surface area (Å²) in [4.78, 5) is 10.2. The summed E-state index contributed by atoms with van der Waals surface area (Å²) in [6, 6.07) is 3.87. The third-order valence-corrected chi connectivity index (χ3v) is 1.59. The maximum absolute atomic E-state index is 12.7. The molecule has 0 saturated heterocycles. The molecule has 0 spiro atoms. The fraction of sp³-hybridized carbons (Fsp3) is 0.125. The molecule has 1 amide bonds. The van der Waals surface area contributed by atoms with Crippen molar-refractivity contribution in [2.24, 2.45) is 0 Å². The Morgan fingerprint density at radius 3 is 2.85 bits per heavy atom. The van der Waals surface area contributed by atoms with E-state index in [1.165, 1.54) is 25.3 Å². The van der Waals surface area contributed by atoms with E-state index < -0.39 is 10.6 Å². The molecule has 0 aliphatic carbocycles. The van der Waals surface area contributed by atoms with Crippen molar-refractivity contribution in [2.45, 2.75) is 0 Å². The molecule has 1 N–H and O–H groups in total. The molecular weight excluding hydrogens is 241 g/mol. The molecule has 0 bridgehead atoms. The van der Waals surface area contributed by atoms with E-state index in [-0.39, 0.29) is 0 Å². The summed E-state index contributed by atoms with van der Waals surface area (Å²) in [7, 11) is 1.44. The van der Waals surface area contributed by atoms with Crippen LogP contribution < -0.4 is 10.1 Å². The summed E-state index contributed by atoms with van der Waals surface area (Å²) < 4.78 is 17.6. The number of methoxy groups -OCH3 is 1. The number of ether oxygens (including phenoxy) is 1. The Kier molecular flexibility index (Phi) is 3.25. The van der Waals surface area contributed by atoms with Crippen molar-refractivity contribution >= 4 is 26.4 Å². The van der Waals surface area contributed by atoms with Crippen molar-refractivity contribution in [3.05, 3.63) is 24.0 Å². The lowest BCUT2D eigenvalue weighted by Crippen LogP contribution is -2.02. The molecule has 0 radical (unpaired) electrons. The lowest BCUT2D eigenvalue weighted by atomic mass is 10.3. The number of rotatable bonds is 2. The third-order valence-electron chi connectivity index (χ3n) is 1.39. The number of carbonyl (C=O) groups excluding carboxylic acids is 1. The van der Waals surface area contributed by atoms with Gasteiger partial charge in [0.05, 0.1) is 12.8 Å². The van der Waals surface area contributed by atoms with E-state index in [1.54, 1.807) is 0 Å². The number of benzene rings is 1. The van der Waals surface area contributed by atoms with E-state index in [4.69, 9.17) is 4.74 Å². The first-order valence-electron chi connectivity index (χ1n) is 3.43. The molecule has 1 aromatic rings. The Balaban J connectivity index is 3.01. The SMILES string of the molecule is COc1ccc(F)cc1NC(=O)Br. The smallest absolute Gasteiger partial charge is 0.291 e. The number of hydrogen-bond acceptors (Lipinski definition) is 2. The number of halogens is 2. The second kappa shape index (κ2) is 4.23. The average molecular weight is 248 g/mol. The summed E-state index contributed by atoms with van der Waals surface area (Å²) in [5, 5.41) is 2.38. The summed E-state index contributed by atoms with van der Waals surface area (Å²) in [5.41, 5.74) is 0.296. The Labute approximate surface area is 83.0 Å². The molecule has 0 aliphatic heterocycles. The van der Waals surface area contributed by atoms with Crippen LogP contribution in [0.1, 0.15) is 0 Å². The van der Waals surface area contributed by atoms with Gasteiger partial charge in [0.2, 0.25) is 0 Å². The summed E-state index contributed by atoms with van der Waals surface area (Å²) >= 11 is 2.67. The lowest BCUT2D eigenvalue weighted by molar-refractivity contribution is 0.270. The molecule has 0 atom stereocenters. The largest absolute Gasteiger partial charge is 0.495 e. The second-order valence-electron chi connectivity index (χ2n) is 2.24. The predicted molar refractivity (Wildman–Crippen MR) is 50.9 cm³/mol. The van der Waals surface area contributed by atoms with Crippen molar-refractivity contribution in [3.63, 3.8) is 0 Å². The molecule has 0 aliphatic rings. The van der Waals surface area contributed by atoms with E-state index >= 15 is 0 Å². The van der Waals surface area contributed by atoms with E-state index in [9.17, 15) is 9.18 Å². The molecule has 3 nitrogen and oxygen atoms in total. The maximum atomic E-state index is 12.7. The lowest BCUT2D eigenvalue weighted by Gasteiger charge is -2.07. The van der Waals surface area contributed by atoms with Gasteiger partial charge in [-0.25, -0.2) is 4.39 Å². The van der Waals surface area contributed by atoms with Crippen LogP contribution in [-0.2, 0) is 0 Å². The first-order chi connectivity index (χ1) is 6.13. The number of nitrogens with one attached hydrogen (secondary N) is 1. The van der Waals surface area contributed by atoms with Gasteiger partial charge in [0.15, 0.2) is 0 Å². The second-order valence-corrected chi connectivity index (χ2v) is 2.96. The molecule has 0 aromatic heterocycles. The molecule has 1 aromatic carbocycles. The number of anilines is 1. The molecule has 1 rings (SSSR count). The van der Waals surface area contributed by atoms with Crippen molar-refractivity contribution < 1.29 is 13.9 Å². The average Bonchev–Trinajstić information content (AvgIpc) is 2.03. The van der Waals surface area contributed by atoms with E-state index in [2.05, 4.69) is 21.2 Å². The van der Waals surface area contributed by atoms with E-state index in [1.807, 2.05) is 0 Å². The minimum atomic E-state index is -0.448. The fourth-order valence-corrected chi connectivity index (χ4v) is 1.10. The van der Waals surface area contributed by atoms with Gasteiger partial charge in [-0.1, -0.05) is 0 Å². The van der Waals surface area contributed by atoms with Crippen molar-refractivity contribution in [1.82, 2.24) is 0 Å². The number of carbonyl (C=O) groups is 1. The molecule has 0 fully saturated rings. The van der Waals surface area contributed by atoms with Gasteiger partial charge in [-0.05, 0) is 12.1 Å². The first-order valence-corrected chi connectivity index (χ1v) is 4.23. The Morgan fingerprint density at radius 1 is 1.62 bits per heavy atom. The van der Waals surface area contributed by atoms with Crippen LogP contribution in [0.4, 0.5) is 14.9 Å². The summed E-state index contributed by atoms with van der Waals surface area (Å²) in [5.74, 6) is -0.0220. The van der Waals surface area contributed by atoms with Crippen LogP contribution in [-0.4, -0.2) is 11.9 Å². The Bertz CT molecular complexity index is 330. The molecular formula is C8H7BrFNO2. The highest BCUT2D eigenvalue weighted by Gasteiger charge is 2.05. The van der Waals surface area contributed by atoms with Crippen molar-refractivity contribution in [1.29, 1.82) is 0 Å². The first kappa shape index (κ1) is 9.98. The fourth-order valence-electron chi connectivity index (χ4n) is 0.884. The molecule has 70 valence electrons. The maximum Gasteiger partial charge on any atom is 0.291 e. The third kappa shape index (κ3) is 2.69. The normalized spacial score (nSPS) is 9.46. The number of hydrogen-bond donors (Lipinski definition) is 1. The quantitative estimate of drug-likeness (QED) is 0.645. The molecule has 0 saturated carbocycles. The van der Waals surface area contributed by atoms with Crippen LogP contribution in [0.3, 0.4) is 0 Å². The highest BCUT2D eigenvalue weighted by Crippen LogP contribution is 2.25. The van der Waals surface area contributed by atoms with Gasteiger partial charge in [-0.15, -0.1) is 0 Å². The van der Waals surface area contributed by atoms with Crippen LogP contribution in [0.2, 0.25) is 0 Å². The van der Waals surface area contributed by atoms with Crippen LogP contribution in [0.25, 0.3) is 0 Å². The summed E-state index contributed by atoms with van der Waals surface area (Å²) in [6.45, 7) is 0. The van der Waals surface area contributed by atoms with Gasteiger partial charge in [-0.3, -0.25) is 4.79 Å². The molecule has 0 heterocycles. The standard InChI is InChI=1S/C8H7BrFNO2/c1-13-7-3-2-5(10)4-6(7)11-8(9)12/h2-4H,1H3,(H,11,12). The molecule has 13 heavy (non-hydrogen) atoms. The molecule has 0 unspecified atom stereocenters. The minimum Gasteiger partial charge on any atom is -0.495 e. The Hall–Kier alpha value is -1.10. The highest BCUT2D eigenvalue weighted by molar-refractivity contribution is 9.18. The van der Waals surface area contributed by atoms with E-state index in [0.717, 1.165) is 0 Å². The van der Waals surface area contributed by atoms with Crippen LogP contribution in [0.15, 0.2) is 18.2 Å². The van der Waals surface area contributed by atoms with Crippen molar-refractivity contribution in [3.8, 4) is 5.75 Å². The van der Waals surface area contributed by atoms with Gasteiger partial charge in [-0.2, -0.15) is 0 Å².